The summed E-state index contributed by atoms with van der Waals surface area (Å²) in [4.78, 5) is 23.9. The minimum atomic E-state index is -1.23. The number of ether oxygens (including phenoxy) is 1. The summed E-state index contributed by atoms with van der Waals surface area (Å²) in [6, 6.07) is 15.2. The predicted octanol–water partition coefficient (Wildman–Crippen LogP) is 3.99. The van der Waals surface area contributed by atoms with Crippen LogP contribution in [0.2, 0.25) is 0 Å². The normalized spacial score (nSPS) is 11.8. The molecule has 0 spiro atoms. The van der Waals surface area contributed by atoms with Gasteiger partial charge >= 0.3 is 5.97 Å². The number of nitrogens with one attached hydrogen (secondary N) is 1. The van der Waals surface area contributed by atoms with Crippen molar-refractivity contribution in [2.24, 2.45) is 0 Å². The highest BCUT2D eigenvalue weighted by atomic mass is 16.5. The van der Waals surface area contributed by atoms with Gasteiger partial charge in [-0.25, -0.2) is 4.79 Å². The molecule has 0 bridgehead atoms. The first kappa shape index (κ1) is 18.3. The molecule has 0 aromatic heterocycles. The van der Waals surface area contributed by atoms with Crippen molar-refractivity contribution < 1.29 is 24.5 Å². The number of carbonyl (C=O) groups excluding carboxylic acids is 1. The maximum Gasteiger partial charge on any atom is 0.337 e. The zero-order valence-electron chi connectivity index (χ0n) is 14.9. The lowest BCUT2D eigenvalue weighted by Crippen LogP contribution is -2.20. The number of hydrogen-bond donors (Lipinski definition) is 3. The lowest BCUT2D eigenvalue weighted by molar-refractivity contribution is -0.117. The van der Waals surface area contributed by atoms with Gasteiger partial charge in [0.1, 0.15) is 11.5 Å². The summed E-state index contributed by atoms with van der Waals surface area (Å²) in [6.45, 7) is 1.75. The maximum atomic E-state index is 12.6. The number of fused-ring (bicyclic) bond motifs is 1. The van der Waals surface area contributed by atoms with Crippen molar-refractivity contribution in [3.8, 4) is 11.5 Å². The molecule has 27 heavy (non-hydrogen) atoms. The van der Waals surface area contributed by atoms with Gasteiger partial charge in [0.05, 0.1) is 24.3 Å². The van der Waals surface area contributed by atoms with Crippen molar-refractivity contribution in [3.05, 3.63) is 65.7 Å². The number of hydrogen-bond acceptors (Lipinski definition) is 4. The fraction of sp³-hybridized carbons (Fsp3) is 0.143. The molecule has 1 atom stereocenters. The van der Waals surface area contributed by atoms with E-state index in [0.717, 1.165) is 28.2 Å². The fourth-order valence-corrected chi connectivity index (χ4v) is 2.85. The van der Waals surface area contributed by atoms with Crippen molar-refractivity contribution in [1.29, 1.82) is 0 Å². The molecule has 0 radical (unpaired) electrons. The SMILES string of the molecule is COc1ccc2cc(C(C)C(=O)Nc3ccc(O)cc3C(=O)O)ccc2c1. The molecule has 3 aromatic rings. The highest BCUT2D eigenvalue weighted by Gasteiger charge is 2.19. The summed E-state index contributed by atoms with van der Waals surface area (Å²) in [6.07, 6.45) is 0. The van der Waals surface area contributed by atoms with Gasteiger partial charge in [0.15, 0.2) is 0 Å². The number of phenols is 1. The van der Waals surface area contributed by atoms with E-state index in [9.17, 15) is 19.8 Å². The summed E-state index contributed by atoms with van der Waals surface area (Å²) < 4.78 is 5.21. The van der Waals surface area contributed by atoms with Crippen molar-refractivity contribution in [1.82, 2.24) is 0 Å². The van der Waals surface area contributed by atoms with Crippen LogP contribution in [0.3, 0.4) is 0 Å². The van der Waals surface area contributed by atoms with E-state index >= 15 is 0 Å². The highest BCUT2D eigenvalue weighted by molar-refractivity contribution is 6.03. The molecule has 6 nitrogen and oxygen atoms in total. The Kier molecular flexibility index (Phi) is 4.98. The molecule has 0 heterocycles. The molecule has 0 saturated carbocycles. The number of methoxy groups -OCH3 is 1. The predicted molar refractivity (Wildman–Crippen MR) is 103 cm³/mol. The average Bonchev–Trinajstić information content (AvgIpc) is 2.67. The molecule has 6 heteroatoms. The molecular weight excluding hydrogens is 346 g/mol. The van der Waals surface area contributed by atoms with Gasteiger partial charge in [-0.05, 0) is 53.6 Å². The molecule has 0 fully saturated rings. The number of carbonyl (C=O) groups is 2. The minimum Gasteiger partial charge on any atom is -0.508 e. The van der Waals surface area contributed by atoms with E-state index in [1.807, 2.05) is 36.4 Å². The summed E-state index contributed by atoms with van der Waals surface area (Å²) >= 11 is 0. The van der Waals surface area contributed by atoms with Crippen LogP contribution in [0.1, 0.15) is 28.8 Å². The van der Waals surface area contributed by atoms with Crippen molar-refractivity contribution in [2.75, 3.05) is 12.4 Å². The van der Waals surface area contributed by atoms with Gasteiger partial charge < -0.3 is 20.3 Å². The summed E-state index contributed by atoms with van der Waals surface area (Å²) in [5.74, 6) is -1.48. The molecule has 0 aliphatic heterocycles. The third kappa shape index (κ3) is 3.84. The van der Waals surface area contributed by atoms with Gasteiger partial charge in [-0.15, -0.1) is 0 Å². The first-order chi connectivity index (χ1) is 12.9. The average molecular weight is 365 g/mol. The van der Waals surface area contributed by atoms with E-state index in [1.54, 1.807) is 14.0 Å². The van der Waals surface area contributed by atoms with Crippen LogP contribution in [0.5, 0.6) is 11.5 Å². The van der Waals surface area contributed by atoms with E-state index in [1.165, 1.54) is 12.1 Å². The Morgan fingerprint density at radius 2 is 1.70 bits per heavy atom. The largest absolute Gasteiger partial charge is 0.508 e. The molecule has 3 N–H and O–H groups in total. The Balaban J connectivity index is 1.85. The topological polar surface area (TPSA) is 95.9 Å². The fourth-order valence-electron chi connectivity index (χ4n) is 2.85. The molecule has 1 amide bonds. The van der Waals surface area contributed by atoms with Crippen LogP contribution in [0, 0.1) is 0 Å². The lowest BCUT2D eigenvalue weighted by atomic mass is 9.96. The number of anilines is 1. The smallest absolute Gasteiger partial charge is 0.337 e. The molecular formula is C21H19NO5. The number of phenolic OH excluding ortho intramolecular Hbond substituents is 1. The second-order valence-electron chi connectivity index (χ2n) is 6.22. The van der Waals surface area contributed by atoms with E-state index in [0.29, 0.717) is 0 Å². The molecule has 0 saturated heterocycles. The number of rotatable bonds is 5. The van der Waals surface area contributed by atoms with E-state index in [4.69, 9.17) is 4.74 Å². The van der Waals surface area contributed by atoms with Gasteiger partial charge in [-0.3, -0.25) is 4.79 Å². The molecule has 0 aliphatic rings. The number of aromatic hydroxyl groups is 1. The van der Waals surface area contributed by atoms with Gasteiger partial charge in [-0.1, -0.05) is 24.3 Å². The van der Waals surface area contributed by atoms with Crippen LogP contribution < -0.4 is 10.1 Å². The second kappa shape index (κ2) is 7.37. The van der Waals surface area contributed by atoms with E-state index < -0.39 is 11.9 Å². The molecule has 138 valence electrons. The Hall–Kier alpha value is -3.54. The van der Waals surface area contributed by atoms with Crippen LogP contribution in [0.4, 0.5) is 5.69 Å². The third-order valence-corrected chi connectivity index (χ3v) is 4.46. The van der Waals surface area contributed by atoms with Crippen molar-refractivity contribution >= 4 is 28.3 Å². The third-order valence-electron chi connectivity index (χ3n) is 4.46. The van der Waals surface area contributed by atoms with Crippen molar-refractivity contribution in [3.63, 3.8) is 0 Å². The number of benzene rings is 3. The first-order valence-corrected chi connectivity index (χ1v) is 8.34. The van der Waals surface area contributed by atoms with Gasteiger partial charge in [-0.2, -0.15) is 0 Å². The summed E-state index contributed by atoms with van der Waals surface area (Å²) in [5, 5.41) is 23.3. The van der Waals surface area contributed by atoms with Crippen LogP contribution in [0.25, 0.3) is 10.8 Å². The maximum absolute atomic E-state index is 12.6. The first-order valence-electron chi connectivity index (χ1n) is 8.34. The number of amides is 1. The van der Waals surface area contributed by atoms with Crippen LogP contribution in [0.15, 0.2) is 54.6 Å². The van der Waals surface area contributed by atoms with Crippen LogP contribution >= 0.6 is 0 Å². The highest BCUT2D eigenvalue weighted by Crippen LogP contribution is 2.27. The molecule has 1 unspecified atom stereocenters. The monoisotopic (exact) mass is 365 g/mol. The number of aromatic carboxylic acids is 1. The zero-order valence-corrected chi connectivity index (χ0v) is 14.9. The van der Waals surface area contributed by atoms with Gasteiger partial charge in [0.25, 0.3) is 0 Å². The Morgan fingerprint density at radius 3 is 2.41 bits per heavy atom. The second-order valence-corrected chi connectivity index (χ2v) is 6.22. The quantitative estimate of drug-likeness (QED) is 0.594. The van der Waals surface area contributed by atoms with Crippen molar-refractivity contribution in [2.45, 2.75) is 12.8 Å². The molecule has 3 aromatic carbocycles. The Labute approximate surface area is 156 Å². The van der Waals surface area contributed by atoms with Crippen LogP contribution in [-0.2, 0) is 4.79 Å². The van der Waals surface area contributed by atoms with E-state index in [2.05, 4.69) is 5.32 Å². The van der Waals surface area contributed by atoms with Gasteiger partial charge in [0, 0.05) is 0 Å². The van der Waals surface area contributed by atoms with E-state index in [-0.39, 0.29) is 22.9 Å². The Morgan fingerprint density at radius 1 is 1.00 bits per heavy atom. The summed E-state index contributed by atoms with van der Waals surface area (Å²) in [5.41, 5.74) is 0.782. The molecule has 0 aliphatic carbocycles. The lowest BCUT2D eigenvalue weighted by Gasteiger charge is -2.15. The number of carboxylic acid groups (broad SMARTS) is 1. The Bertz CT molecular complexity index is 1030. The standard InChI is InChI=1S/C21H19NO5/c1-12(13-3-4-15-10-17(27-2)7-5-14(15)9-13)20(24)22-19-8-6-16(23)11-18(19)21(25)26/h3-12,23H,1-2H3,(H,22,24)(H,25,26). The summed E-state index contributed by atoms with van der Waals surface area (Å²) in [7, 11) is 1.61. The molecule has 3 rings (SSSR count). The minimum absolute atomic E-state index is 0.141. The van der Waals surface area contributed by atoms with Crippen LogP contribution in [-0.4, -0.2) is 29.2 Å². The number of carboxylic acids is 1. The zero-order chi connectivity index (χ0) is 19.6. The van der Waals surface area contributed by atoms with Gasteiger partial charge in [0.2, 0.25) is 5.91 Å².